The van der Waals surface area contributed by atoms with E-state index in [2.05, 4.69) is 8.85 Å². The number of hydrogen-bond donors (Lipinski definition) is 4. The van der Waals surface area contributed by atoms with Crippen LogP contribution in [0, 0.1) is 0 Å². The Kier molecular flexibility index (Phi) is 5.86. The zero-order chi connectivity index (χ0) is 13.5. The van der Waals surface area contributed by atoms with Crippen molar-refractivity contribution in [1.29, 1.82) is 0 Å². The number of aliphatic carboxylic acids is 1. The number of phenols is 1. The molecule has 1 atom stereocenters. The second-order valence-corrected chi connectivity index (χ2v) is 4.40. The summed E-state index contributed by atoms with van der Waals surface area (Å²) < 4.78 is 2.62. The van der Waals surface area contributed by atoms with E-state index in [9.17, 15) is 9.59 Å². The van der Waals surface area contributed by atoms with E-state index in [0.29, 0.717) is 0 Å². The molecule has 0 radical (unpaired) electrons. The van der Waals surface area contributed by atoms with Crippen LogP contribution < -0.4 is 8.85 Å². The molecule has 0 aliphatic carbocycles. The summed E-state index contributed by atoms with van der Waals surface area (Å²) in [6.07, 6.45) is 0.169. The quantitative estimate of drug-likeness (QED) is 0.434. The largest absolute Gasteiger partial charge is 0.508 e. The van der Waals surface area contributed by atoms with Crippen LogP contribution in [-0.4, -0.2) is 34.7 Å². The van der Waals surface area contributed by atoms with Crippen LogP contribution in [-0.2, 0) is 16.0 Å². The summed E-state index contributed by atoms with van der Waals surface area (Å²) in [5.41, 5.74) is 0.725. The van der Waals surface area contributed by atoms with E-state index in [4.69, 9.17) is 10.2 Å². The van der Waals surface area contributed by atoms with Gasteiger partial charge in [0.15, 0.2) is 0 Å². The maximum absolute atomic E-state index is 11.3. The second-order valence-electron chi connectivity index (χ2n) is 3.64. The Bertz CT molecular complexity index is 422. The van der Waals surface area contributed by atoms with E-state index < -0.39 is 12.0 Å². The molecule has 4 N–H and O–H groups in total. The first-order chi connectivity index (χ1) is 8.52. The number of hydrogen-bond acceptors (Lipinski definition) is 4. The molecule has 0 aliphatic rings. The van der Waals surface area contributed by atoms with Gasteiger partial charge in [0.1, 0.15) is 11.8 Å². The van der Waals surface area contributed by atoms with Gasteiger partial charge >= 0.3 is 5.97 Å². The third-order valence-electron chi connectivity index (χ3n) is 2.24. The van der Waals surface area contributed by atoms with E-state index in [1.54, 1.807) is 12.1 Å². The van der Waals surface area contributed by atoms with Gasteiger partial charge < -0.3 is 15.5 Å². The number of benzene rings is 1. The number of phenolic OH excluding ortho intramolecular Hbond substituents is 1. The molecular weight excluding hydrogens is 351 g/mol. The molecule has 98 valence electrons. The van der Waals surface area contributed by atoms with E-state index in [1.807, 2.05) is 22.9 Å². The molecule has 1 aromatic carbocycles. The van der Waals surface area contributed by atoms with Gasteiger partial charge in [-0.25, -0.2) is 4.79 Å². The number of rotatable bonds is 6. The van der Waals surface area contributed by atoms with Crippen LogP contribution in [0.3, 0.4) is 0 Å². The summed E-state index contributed by atoms with van der Waals surface area (Å²) in [5, 5.41) is 20.6. The lowest BCUT2D eigenvalue weighted by Gasteiger charge is -2.14. The highest BCUT2D eigenvalue weighted by Crippen LogP contribution is 2.11. The number of carboxylic acid groups (broad SMARTS) is 1. The maximum Gasteiger partial charge on any atom is 0.326 e. The van der Waals surface area contributed by atoms with Crippen LogP contribution in [0.5, 0.6) is 5.75 Å². The molecule has 1 aromatic rings. The molecule has 0 aromatic heterocycles. The fourth-order valence-corrected chi connectivity index (χ4v) is 1.72. The zero-order valence-electron chi connectivity index (χ0n) is 9.39. The normalized spacial score (nSPS) is 11.8. The van der Waals surface area contributed by atoms with E-state index in [1.165, 1.54) is 12.1 Å². The van der Waals surface area contributed by atoms with Gasteiger partial charge in [-0.1, -0.05) is 12.1 Å². The number of carbonyl (C=O) groups excluding carboxylic acids is 1. The van der Waals surface area contributed by atoms with Gasteiger partial charge in [0, 0.05) is 29.3 Å². The Balaban J connectivity index is 2.65. The molecule has 0 spiro atoms. The summed E-state index contributed by atoms with van der Waals surface area (Å²) in [4.78, 5) is 22.3. The maximum atomic E-state index is 11.3. The lowest BCUT2D eigenvalue weighted by atomic mass is 10.1. The van der Waals surface area contributed by atoms with Crippen molar-refractivity contribution in [3.8, 4) is 5.75 Å². The smallest absolute Gasteiger partial charge is 0.326 e. The molecule has 0 heterocycles. The number of carboxylic acids is 1. The molecule has 18 heavy (non-hydrogen) atoms. The third kappa shape index (κ3) is 4.88. The summed E-state index contributed by atoms with van der Waals surface area (Å²) in [6, 6.07) is 5.21. The molecule has 1 rings (SSSR count). The highest BCUT2D eigenvalue weighted by atomic mass is 127. The van der Waals surface area contributed by atoms with Crippen LogP contribution in [0.15, 0.2) is 24.3 Å². The standard InChI is InChI=1S/C11H13IN2O4/c12-13-6-10(16)14-9(11(17)18)5-7-1-3-8(15)4-2-7/h1-4,9,13,15H,5-6H2,(H,14,16)(H,17,18). The van der Waals surface area contributed by atoms with Crippen molar-refractivity contribution in [2.24, 2.45) is 0 Å². The van der Waals surface area contributed by atoms with Gasteiger partial charge in [0.25, 0.3) is 0 Å². The lowest BCUT2D eigenvalue weighted by molar-refractivity contribution is -0.141. The van der Waals surface area contributed by atoms with Crippen LogP contribution in [0.4, 0.5) is 0 Å². The molecular formula is C11H13IN2O4. The fourth-order valence-electron chi connectivity index (χ4n) is 1.37. The van der Waals surface area contributed by atoms with Crippen LogP contribution in [0.2, 0.25) is 0 Å². The van der Waals surface area contributed by atoms with Crippen molar-refractivity contribution in [2.45, 2.75) is 12.5 Å². The van der Waals surface area contributed by atoms with Gasteiger partial charge in [-0.15, -0.1) is 0 Å². The molecule has 7 heteroatoms. The summed E-state index contributed by atoms with van der Waals surface area (Å²) in [7, 11) is 0. The summed E-state index contributed by atoms with van der Waals surface area (Å²) >= 11 is 1.81. The summed E-state index contributed by atoms with van der Waals surface area (Å²) in [6.45, 7) is 0.0555. The van der Waals surface area contributed by atoms with Crippen molar-refractivity contribution < 1.29 is 19.8 Å². The highest BCUT2D eigenvalue weighted by Gasteiger charge is 2.19. The van der Waals surface area contributed by atoms with Crippen LogP contribution in [0.1, 0.15) is 5.56 Å². The second kappa shape index (κ2) is 7.17. The van der Waals surface area contributed by atoms with Crippen molar-refractivity contribution in [3.63, 3.8) is 0 Å². The van der Waals surface area contributed by atoms with Crippen LogP contribution in [0.25, 0.3) is 0 Å². The number of nitrogens with one attached hydrogen (secondary N) is 2. The van der Waals surface area contributed by atoms with E-state index in [0.717, 1.165) is 5.56 Å². The Morgan fingerprint density at radius 3 is 2.39 bits per heavy atom. The predicted molar refractivity (Wildman–Crippen MR) is 73.4 cm³/mol. The monoisotopic (exact) mass is 364 g/mol. The molecule has 0 saturated heterocycles. The number of amides is 1. The van der Waals surface area contributed by atoms with Gasteiger partial charge in [-0.05, 0) is 17.7 Å². The minimum absolute atomic E-state index is 0.0555. The number of carbonyl (C=O) groups is 2. The molecule has 1 amide bonds. The van der Waals surface area contributed by atoms with Gasteiger partial charge in [0.2, 0.25) is 5.91 Å². The van der Waals surface area contributed by atoms with E-state index in [-0.39, 0.29) is 24.6 Å². The molecule has 0 bridgehead atoms. The number of aromatic hydroxyl groups is 1. The molecule has 6 nitrogen and oxygen atoms in total. The molecule has 1 unspecified atom stereocenters. The lowest BCUT2D eigenvalue weighted by Crippen LogP contribution is -2.44. The first-order valence-electron chi connectivity index (χ1n) is 5.16. The zero-order valence-corrected chi connectivity index (χ0v) is 11.5. The first-order valence-corrected chi connectivity index (χ1v) is 6.24. The predicted octanol–water partition coefficient (Wildman–Crippen LogP) is 0.444. The van der Waals surface area contributed by atoms with Crippen LogP contribution >= 0.6 is 22.9 Å². The topological polar surface area (TPSA) is 98.7 Å². The average molecular weight is 364 g/mol. The minimum Gasteiger partial charge on any atom is -0.508 e. The fraction of sp³-hybridized carbons (Fsp3) is 0.273. The average Bonchev–Trinajstić information content (AvgIpc) is 2.31. The Morgan fingerprint density at radius 1 is 1.28 bits per heavy atom. The van der Waals surface area contributed by atoms with Crippen molar-refractivity contribution in [3.05, 3.63) is 29.8 Å². The van der Waals surface area contributed by atoms with Gasteiger partial charge in [-0.2, -0.15) is 0 Å². The Morgan fingerprint density at radius 2 is 1.89 bits per heavy atom. The molecule has 0 aliphatic heterocycles. The Hall–Kier alpha value is -1.35. The van der Waals surface area contributed by atoms with Crippen molar-refractivity contribution in [2.75, 3.05) is 6.54 Å². The molecule has 0 fully saturated rings. The summed E-state index contributed by atoms with van der Waals surface area (Å²) in [5.74, 6) is -1.36. The van der Waals surface area contributed by atoms with E-state index >= 15 is 0 Å². The van der Waals surface area contributed by atoms with Gasteiger partial charge in [-0.3, -0.25) is 8.32 Å². The molecule has 0 saturated carbocycles. The minimum atomic E-state index is -1.09. The highest BCUT2D eigenvalue weighted by molar-refractivity contribution is 14.1. The Labute approximate surface area is 118 Å². The SMILES string of the molecule is O=C(CNI)NC(Cc1ccc(O)cc1)C(=O)O. The van der Waals surface area contributed by atoms with Crippen molar-refractivity contribution in [1.82, 2.24) is 8.85 Å². The third-order valence-corrected chi connectivity index (χ3v) is 2.62. The van der Waals surface area contributed by atoms with Gasteiger partial charge in [0.05, 0.1) is 6.54 Å². The number of halogens is 1. The first kappa shape index (κ1) is 14.7. The van der Waals surface area contributed by atoms with Crippen molar-refractivity contribution >= 4 is 34.7 Å².